The zero-order valence-corrected chi connectivity index (χ0v) is 10.0. The molecule has 0 unspecified atom stereocenters. The summed E-state index contributed by atoms with van der Waals surface area (Å²) < 4.78 is 10.0. The Morgan fingerprint density at radius 2 is 1.76 bits per heavy atom. The summed E-state index contributed by atoms with van der Waals surface area (Å²) in [5.74, 6) is -0.679. The molecule has 0 aliphatic carbocycles. The molecule has 0 radical (unpaired) electrons. The summed E-state index contributed by atoms with van der Waals surface area (Å²) in [4.78, 5) is 21.6. The Kier molecular flexibility index (Phi) is 5.20. The lowest BCUT2D eigenvalue weighted by atomic mass is 10.1. The summed E-state index contributed by atoms with van der Waals surface area (Å²) in [6, 6.07) is 9.39. The first-order chi connectivity index (χ1) is 8.09. The zero-order valence-electron chi connectivity index (χ0n) is 10.0. The smallest absolute Gasteiger partial charge is 0.303 e. The molecule has 1 rings (SSSR count). The molecule has 0 saturated heterocycles. The number of ether oxygens (including phenoxy) is 2. The van der Waals surface area contributed by atoms with E-state index in [1.807, 2.05) is 30.3 Å². The van der Waals surface area contributed by atoms with Crippen molar-refractivity contribution in [2.75, 3.05) is 6.61 Å². The molecular weight excluding hydrogens is 220 g/mol. The summed E-state index contributed by atoms with van der Waals surface area (Å²) in [6.07, 6.45) is 0.0939. The Morgan fingerprint density at radius 3 is 2.29 bits per heavy atom. The molecule has 4 heteroatoms. The molecule has 17 heavy (non-hydrogen) atoms. The number of carbonyl (C=O) groups is 2. The number of hydrogen-bond acceptors (Lipinski definition) is 4. The van der Waals surface area contributed by atoms with Crippen LogP contribution in [0.15, 0.2) is 30.3 Å². The molecule has 92 valence electrons. The van der Waals surface area contributed by atoms with Gasteiger partial charge in [-0.2, -0.15) is 0 Å². The highest BCUT2D eigenvalue weighted by Gasteiger charge is 2.14. The monoisotopic (exact) mass is 236 g/mol. The van der Waals surface area contributed by atoms with Crippen LogP contribution in [-0.4, -0.2) is 18.5 Å². The van der Waals surface area contributed by atoms with Gasteiger partial charge >= 0.3 is 11.9 Å². The van der Waals surface area contributed by atoms with Crippen molar-refractivity contribution >= 4 is 11.9 Å². The molecule has 1 atom stereocenters. The van der Waals surface area contributed by atoms with E-state index in [-0.39, 0.29) is 24.6 Å². The van der Waals surface area contributed by atoms with Crippen molar-refractivity contribution in [1.82, 2.24) is 0 Å². The third-order valence-corrected chi connectivity index (χ3v) is 2.16. The summed E-state index contributed by atoms with van der Waals surface area (Å²) in [6.45, 7) is 2.95. The molecule has 0 N–H and O–H groups in total. The third kappa shape index (κ3) is 5.15. The van der Waals surface area contributed by atoms with Crippen molar-refractivity contribution in [2.24, 2.45) is 0 Å². The van der Waals surface area contributed by atoms with Gasteiger partial charge in [0.15, 0.2) is 0 Å². The van der Waals surface area contributed by atoms with E-state index in [4.69, 9.17) is 9.47 Å². The number of rotatable bonds is 5. The first-order valence-electron chi connectivity index (χ1n) is 5.45. The lowest BCUT2D eigenvalue weighted by molar-refractivity contribution is -0.149. The minimum absolute atomic E-state index is 0.238. The van der Waals surface area contributed by atoms with Gasteiger partial charge in [-0.3, -0.25) is 9.59 Å². The van der Waals surface area contributed by atoms with E-state index in [9.17, 15) is 9.59 Å². The topological polar surface area (TPSA) is 52.6 Å². The van der Waals surface area contributed by atoms with Gasteiger partial charge < -0.3 is 9.47 Å². The standard InChI is InChI=1S/C13H16O4/c1-10(14)16-9-8-13(17-11(2)15)12-6-4-3-5-7-12/h3-7,13H,8-9H2,1-2H3/t13-/m0/s1. The van der Waals surface area contributed by atoms with Gasteiger partial charge in [0.1, 0.15) is 6.10 Å². The van der Waals surface area contributed by atoms with E-state index in [1.165, 1.54) is 13.8 Å². The molecule has 0 heterocycles. The van der Waals surface area contributed by atoms with Crippen molar-refractivity contribution in [2.45, 2.75) is 26.4 Å². The van der Waals surface area contributed by atoms with Crippen LogP contribution in [0.25, 0.3) is 0 Å². The zero-order chi connectivity index (χ0) is 12.7. The molecule has 0 fully saturated rings. The van der Waals surface area contributed by atoms with E-state index in [1.54, 1.807) is 0 Å². The summed E-state index contributed by atoms with van der Waals surface area (Å²) in [7, 11) is 0. The molecule has 1 aromatic carbocycles. The van der Waals surface area contributed by atoms with Gasteiger partial charge in [0.05, 0.1) is 6.61 Å². The molecule has 1 aromatic rings. The van der Waals surface area contributed by atoms with Crippen LogP contribution in [-0.2, 0) is 19.1 Å². The average molecular weight is 236 g/mol. The highest BCUT2D eigenvalue weighted by molar-refractivity contribution is 5.66. The Morgan fingerprint density at radius 1 is 1.12 bits per heavy atom. The second kappa shape index (κ2) is 6.68. The predicted octanol–water partition coefficient (Wildman–Crippen LogP) is 2.24. The Balaban J connectivity index is 2.61. The van der Waals surface area contributed by atoms with Crippen LogP contribution in [0.4, 0.5) is 0 Å². The van der Waals surface area contributed by atoms with Crippen LogP contribution < -0.4 is 0 Å². The van der Waals surface area contributed by atoms with E-state index in [0.29, 0.717) is 6.42 Å². The second-order valence-electron chi connectivity index (χ2n) is 3.64. The minimum atomic E-state index is -0.368. The summed E-state index contributed by atoms with van der Waals surface area (Å²) >= 11 is 0. The highest BCUT2D eigenvalue weighted by Crippen LogP contribution is 2.21. The molecule has 0 spiro atoms. The van der Waals surface area contributed by atoms with Gasteiger partial charge in [-0.05, 0) is 5.56 Å². The van der Waals surface area contributed by atoms with Crippen LogP contribution in [0.1, 0.15) is 31.9 Å². The minimum Gasteiger partial charge on any atom is -0.466 e. The molecule has 0 aliphatic heterocycles. The van der Waals surface area contributed by atoms with Gasteiger partial charge in [0, 0.05) is 20.3 Å². The highest BCUT2D eigenvalue weighted by atomic mass is 16.6. The molecule has 0 bridgehead atoms. The Hall–Kier alpha value is -1.84. The molecule has 0 aliphatic rings. The van der Waals surface area contributed by atoms with Crippen molar-refractivity contribution in [1.29, 1.82) is 0 Å². The average Bonchev–Trinajstić information content (AvgIpc) is 2.28. The van der Waals surface area contributed by atoms with Crippen LogP contribution in [0, 0.1) is 0 Å². The van der Waals surface area contributed by atoms with Gasteiger partial charge in [-0.25, -0.2) is 0 Å². The molecule has 0 aromatic heterocycles. The quantitative estimate of drug-likeness (QED) is 0.736. The SMILES string of the molecule is CC(=O)OCC[C@H](OC(C)=O)c1ccccc1. The first kappa shape index (κ1) is 13.2. The van der Waals surface area contributed by atoms with Gasteiger partial charge in [0.25, 0.3) is 0 Å². The maximum absolute atomic E-state index is 11.0. The van der Waals surface area contributed by atoms with Gasteiger partial charge in [0.2, 0.25) is 0 Å². The lowest BCUT2D eigenvalue weighted by Crippen LogP contribution is -2.12. The maximum Gasteiger partial charge on any atom is 0.303 e. The Labute approximate surface area is 101 Å². The molecular formula is C13H16O4. The van der Waals surface area contributed by atoms with Crippen LogP contribution >= 0.6 is 0 Å². The maximum atomic E-state index is 11.0. The molecule has 0 saturated carbocycles. The lowest BCUT2D eigenvalue weighted by Gasteiger charge is -2.17. The van der Waals surface area contributed by atoms with E-state index in [2.05, 4.69) is 0 Å². The van der Waals surface area contributed by atoms with Crippen LogP contribution in [0.3, 0.4) is 0 Å². The van der Waals surface area contributed by atoms with E-state index >= 15 is 0 Å². The van der Waals surface area contributed by atoms with E-state index in [0.717, 1.165) is 5.56 Å². The van der Waals surface area contributed by atoms with Crippen molar-refractivity contribution in [3.05, 3.63) is 35.9 Å². The largest absolute Gasteiger partial charge is 0.466 e. The fourth-order valence-corrected chi connectivity index (χ4v) is 1.47. The summed E-state index contributed by atoms with van der Waals surface area (Å²) in [5, 5.41) is 0. The van der Waals surface area contributed by atoms with Gasteiger partial charge in [-0.1, -0.05) is 30.3 Å². The normalized spacial score (nSPS) is 11.6. The number of esters is 2. The molecule has 0 amide bonds. The van der Waals surface area contributed by atoms with Crippen molar-refractivity contribution in [3.63, 3.8) is 0 Å². The van der Waals surface area contributed by atoms with E-state index < -0.39 is 0 Å². The van der Waals surface area contributed by atoms with Gasteiger partial charge in [-0.15, -0.1) is 0 Å². The number of carbonyl (C=O) groups excluding carboxylic acids is 2. The Bertz CT molecular complexity index is 372. The third-order valence-electron chi connectivity index (χ3n) is 2.16. The first-order valence-corrected chi connectivity index (χ1v) is 5.45. The van der Waals surface area contributed by atoms with Crippen molar-refractivity contribution in [3.8, 4) is 0 Å². The number of hydrogen-bond donors (Lipinski definition) is 0. The fraction of sp³-hybridized carbons (Fsp3) is 0.385. The fourth-order valence-electron chi connectivity index (χ4n) is 1.47. The second-order valence-corrected chi connectivity index (χ2v) is 3.64. The van der Waals surface area contributed by atoms with Crippen LogP contribution in [0.2, 0.25) is 0 Å². The predicted molar refractivity (Wildman–Crippen MR) is 62.2 cm³/mol. The number of benzene rings is 1. The molecule has 4 nitrogen and oxygen atoms in total. The van der Waals surface area contributed by atoms with Crippen LogP contribution in [0.5, 0.6) is 0 Å². The van der Waals surface area contributed by atoms with Crippen molar-refractivity contribution < 1.29 is 19.1 Å². The summed E-state index contributed by atoms with van der Waals surface area (Å²) in [5.41, 5.74) is 0.898.